The molecule has 5 rings (SSSR count). The van der Waals surface area contributed by atoms with Crippen LogP contribution in [-0.4, -0.2) is 40.7 Å². The lowest BCUT2D eigenvalue weighted by molar-refractivity contribution is 0.102. The number of nitrogens with one attached hydrogen (secondary N) is 2. The summed E-state index contributed by atoms with van der Waals surface area (Å²) < 4.78 is 1.25. The standard InChI is InChI=1S/C22H14N10O2/c23-11-14-12-28-32(22-26-6-3-7-27-22)19(14)31-30-16-10-13-4-1-2-5-15(13)17(18(16)33)20(34)29-21-24-8-9-25-21/h1-10,12,33H,(H2,24,25,29,34)/b31-30+. The molecule has 5 aromatic rings. The number of anilines is 1. The summed E-state index contributed by atoms with van der Waals surface area (Å²) in [6, 6.07) is 12.3. The summed E-state index contributed by atoms with van der Waals surface area (Å²) in [5.74, 6) is -0.471. The summed E-state index contributed by atoms with van der Waals surface area (Å²) in [4.78, 5) is 28.0. The number of carbonyl (C=O) groups is 1. The number of aromatic hydroxyl groups is 1. The predicted octanol–water partition coefficient (Wildman–Crippen LogP) is 3.78. The number of hydrogen-bond acceptors (Lipinski definition) is 9. The molecule has 0 radical (unpaired) electrons. The van der Waals surface area contributed by atoms with Crippen LogP contribution in [0.25, 0.3) is 16.7 Å². The summed E-state index contributed by atoms with van der Waals surface area (Å²) in [5.41, 5.74) is 0.157. The lowest BCUT2D eigenvalue weighted by Crippen LogP contribution is -2.13. The second-order valence-corrected chi connectivity index (χ2v) is 6.89. The number of azo groups is 1. The Kier molecular flexibility index (Phi) is 5.17. The molecule has 164 valence electrons. The van der Waals surface area contributed by atoms with E-state index in [-0.39, 0.29) is 40.3 Å². The highest BCUT2D eigenvalue weighted by atomic mass is 16.3. The van der Waals surface area contributed by atoms with E-state index in [9.17, 15) is 15.2 Å². The normalized spacial score (nSPS) is 11.0. The molecule has 0 aliphatic rings. The van der Waals surface area contributed by atoms with Gasteiger partial charge in [0, 0.05) is 24.8 Å². The van der Waals surface area contributed by atoms with Crippen molar-refractivity contribution in [3.05, 3.63) is 78.5 Å². The lowest BCUT2D eigenvalue weighted by atomic mass is 10.0. The first-order valence-corrected chi connectivity index (χ1v) is 9.88. The van der Waals surface area contributed by atoms with Crippen LogP contribution in [-0.2, 0) is 0 Å². The summed E-state index contributed by atoms with van der Waals surface area (Å²) in [6.07, 6.45) is 7.41. The molecule has 0 atom stereocenters. The quantitative estimate of drug-likeness (QED) is 0.342. The topological polar surface area (TPSA) is 170 Å². The fraction of sp³-hybridized carbons (Fsp3) is 0. The van der Waals surface area contributed by atoms with Gasteiger partial charge in [0.05, 0.1) is 11.8 Å². The van der Waals surface area contributed by atoms with Gasteiger partial charge in [-0.1, -0.05) is 24.3 Å². The van der Waals surface area contributed by atoms with Crippen molar-refractivity contribution in [2.45, 2.75) is 0 Å². The molecule has 12 nitrogen and oxygen atoms in total. The predicted molar refractivity (Wildman–Crippen MR) is 120 cm³/mol. The molecule has 0 aliphatic heterocycles. The zero-order valence-corrected chi connectivity index (χ0v) is 17.3. The third kappa shape index (κ3) is 3.69. The van der Waals surface area contributed by atoms with E-state index in [2.05, 4.69) is 40.6 Å². The number of imidazole rings is 1. The molecule has 0 aliphatic carbocycles. The third-order valence-corrected chi connectivity index (χ3v) is 4.82. The van der Waals surface area contributed by atoms with Gasteiger partial charge in [-0.05, 0) is 22.9 Å². The Labute approximate surface area is 191 Å². The van der Waals surface area contributed by atoms with Crippen LogP contribution in [0.1, 0.15) is 15.9 Å². The van der Waals surface area contributed by atoms with Crippen molar-refractivity contribution in [2.24, 2.45) is 10.2 Å². The van der Waals surface area contributed by atoms with Gasteiger partial charge < -0.3 is 10.1 Å². The van der Waals surface area contributed by atoms with Crippen molar-refractivity contribution in [3.63, 3.8) is 0 Å². The maximum absolute atomic E-state index is 13.0. The molecule has 3 heterocycles. The fourth-order valence-corrected chi connectivity index (χ4v) is 3.30. The number of rotatable bonds is 5. The molecule has 0 saturated carbocycles. The Morgan fingerprint density at radius 2 is 1.94 bits per heavy atom. The van der Waals surface area contributed by atoms with Crippen LogP contribution in [0.3, 0.4) is 0 Å². The highest BCUT2D eigenvalue weighted by molar-refractivity contribution is 6.15. The molecular formula is C22H14N10O2. The van der Waals surface area contributed by atoms with E-state index in [1.807, 2.05) is 6.07 Å². The van der Waals surface area contributed by atoms with Gasteiger partial charge in [0.25, 0.3) is 11.9 Å². The van der Waals surface area contributed by atoms with Crippen molar-refractivity contribution in [1.29, 1.82) is 5.26 Å². The van der Waals surface area contributed by atoms with Crippen molar-refractivity contribution < 1.29 is 9.90 Å². The number of aromatic nitrogens is 6. The second kappa shape index (κ2) is 8.60. The molecule has 3 aromatic heterocycles. The van der Waals surface area contributed by atoms with Crippen LogP contribution in [0.15, 0.2) is 77.6 Å². The molecule has 3 N–H and O–H groups in total. The van der Waals surface area contributed by atoms with E-state index < -0.39 is 5.91 Å². The molecular weight excluding hydrogens is 436 g/mol. The van der Waals surface area contributed by atoms with Crippen LogP contribution in [0.2, 0.25) is 0 Å². The van der Waals surface area contributed by atoms with Crippen LogP contribution >= 0.6 is 0 Å². The number of amides is 1. The Bertz CT molecular complexity index is 1570. The molecule has 0 bridgehead atoms. The lowest BCUT2D eigenvalue weighted by Gasteiger charge is -2.11. The fourth-order valence-electron chi connectivity index (χ4n) is 3.30. The summed E-state index contributed by atoms with van der Waals surface area (Å²) >= 11 is 0. The van der Waals surface area contributed by atoms with Gasteiger partial charge in [0.1, 0.15) is 17.3 Å². The number of fused-ring (bicyclic) bond motifs is 1. The molecule has 0 spiro atoms. The molecule has 34 heavy (non-hydrogen) atoms. The molecule has 2 aromatic carbocycles. The highest BCUT2D eigenvalue weighted by Crippen LogP contribution is 2.38. The van der Waals surface area contributed by atoms with Crippen molar-refractivity contribution in [1.82, 2.24) is 29.7 Å². The summed E-state index contributed by atoms with van der Waals surface area (Å²) in [6.45, 7) is 0. The first-order chi connectivity index (χ1) is 16.7. The average molecular weight is 450 g/mol. The first-order valence-electron chi connectivity index (χ1n) is 9.88. The third-order valence-electron chi connectivity index (χ3n) is 4.82. The van der Waals surface area contributed by atoms with Gasteiger partial charge in [-0.25, -0.2) is 15.0 Å². The second-order valence-electron chi connectivity index (χ2n) is 6.89. The van der Waals surface area contributed by atoms with Crippen LogP contribution in [0, 0.1) is 11.3 Å². The van der Waals surface area contributed by atoms with E-state index in [1.54, 1.807) is 42.6 Å². The maximum atomic E-state index is 13.0. The highest BCUT2D eigenvalue weighted by Gasteiger charge is 2.21. The minimum absolute atomic E-state index is 0.00357. The van der Waals surface area contributed by atoms with Crippen LogP contribution in [0.4, 0.5) is 17.5 Å². The first kappa shape index (κ1) is 20.5. The molecule has 12 heteroatoms. The van der Waals surface area contributed by atoms with E-state index in [0.29, 0.717) is 10.8 Å². The van der Waals surface area contributed by atoms with Gasteiger partial charge in [0.15, 0.2) is 11.6 Å². The SMILES string of the molecule is N#Cc1cnn(-c2ncccn2)c1/N=N/c1cc2ccccc2c(C(=O)Nc2ncc[nH]2)c1O. The summed E-state index contributed by atoms with van der Waals surface area (Å²) in [7, 11) is 0. The minimum atomic E-state index is -0.582. The largest absolute Gasteiger partial charge is 0.505 e. The Morgan fingerprint density at radius 3 is 2.71 bits per heavy atom. The summed E-state index contributed by atoms with van der Waals surface area (Å²) in [5, 5.41) is 36.6. The van der Waals surface area contributed by atoms with Crippen molar-refractivity contribution in [3.8, 4) is 17.8 Å². The van der Waals surface area contributed by atoms with Gasteiger partial charge in [-0.2, -0.15) is 15.0 Å². The van der Waals surface area contributed by atoms with Gasteiger partial charge in [0.2, 0.25) is 5.95 Å². The van der Waals surface area contributed by atoms with E-state index in [1.165, 1.54) is 29.5 Å². The number of nitrogens with zero attached hydrogens (tertiary/aromatic N) is 8. The minimum Gasteiger partial charge on any atom is -0.505 e. The number of hydrogen-bond donors (Lipinski definition) is 3. The van der Waals surface area contributed by atoms with Crippen LogP contribution < -0.4 is 5.32 Å². The van der Waals surface area contributed by atoms with Crippen molar-refractivity contribution in [2.75, 3.05) is 5.32 Å². The van der Waals surface area contributed by atoms with E-state index in [0.717, 1.165) is 0 Å². The van der Waals surface area contributed by atoms with Crippen LogP contribution in [0.5, 0.6) is 5.75 Å². The average Bonchev–Trinajstić information content (AvgIpc) is 3.52. The van der Waals surface area contributed by atoms with E-state index in [4.69, 9.17) is 0 Å². The van der Waals surface area contributed by atoms with E-state index >= 15 is 0 Å². The number of phenolic OH excluding ortho intramolecular Hbond substituents is 1. The van der Waals surface area contributed by atoms with Gasteiger partial charge in [-0.15, -0.1) is 10.2 Å². The molecule has 1 amide bonds. The number of phenols is 1. The number of benzene rings is 2. The molecule has 0 saturated heterocycles. The number of nitriles is 1. The monoisotopic (exact) mass is 450 g/mol. The number of aromatic amines is 1. The zero-order chi connectivity index (χ0) is 23.5. The number of carbonyl (C=O) groups excluding carboxylic acids is 1. The zero-order valence-electron chi connectivity index (χ0n) is 17.3. The van der Waals surface area contributed by atoms with Gasteiger partial charge >= 0.3 is 0 Å². The van der Waals surface area contributed by atoms with Crippen molar-refractivity contribution >= 4 is 34.1 Å². The number of H-pyrrole nitrogens is 1. The molecule has 0 fully saturated rings. The smallest absolute Gasteiger partial charge is 0.262 e. The Balaban J connectivity index is 1.61. The Hall–Kier alpha value is -5.44. The van der Waals surface area contributed by atoms with Gasteiger partial charge in [-0.3, -0.25) is 10.1 Å². The molecule has 0 unspecified atom stereocenters. The maximum Gasteiger partial charge on any atom is 0.262 e. The Morgan fingerprint density at radius 1 is 1.12 bits per heavy atom.